The first-order valence-electron chi connectivity index (χ1n) is 8.05. The number of pyridine rings is 1. The van der Waals surface area contributed by atoms with Crippen LogP contribution in [-0.2, 0) is 24.1 Å². The summed E-state index contributed by atoms with van der Waals surface area (Å²) in [6.45, 7) is 1.39. The highest BCUT2D eigenvalue weighted by Crippen LogP contribution is 2.19. The van der Waals surface area contributed by atoms with Gasteiger partial charge in [-0.15, -0.1) is 0 Å². The number of halogens is 2. The monoisotopic (exact) mass is 331 g/mol. The summed E-state index contributed by atoms with van der Waals surface area (Å²) >= 11 is 0. The second kappa shape index (κ2) is 7.38. The highest BCUT2D eigenvalue weighted by atomic mass is 19.2. The molecule has 24 heavy (non-hydrogen) atoms. The molecule has 4 nitrogen and oxygen atoms in total. The normalized spacial score (nSPS) is 13.1. The van der Waals surface area contributed by atoms with Gasteiger partial charge in [0.1, 0.15) is 5.82 Å². The van der Waals surface area contributed by atoms with Crippen LogP contribution in [0, 0.1) is 11.6 Å². The highest BCUT2D eigenvalue weighted by Gasteiger charge is 2.11. The van der Waals surface area contributed by atoms with Crippen LogP contribution in [0.25, 0.3) is 0 Å². The summed E-state index contributed by atoms with van der Waals surface area (Å²) in [4.78, 5) is 16.4. The number of hydrogen-bond donors (Lipinski definition) is 2. The fraction of sp³-hybridized carbons (Fsp3) is 0.333. The van der Waals surface area contributed by atoms with Gasteiger partial charge >= 0.3 is 0 Å². The van der Waals surface area contributed by atoms with E-state index in [0.29, 0.717) is 18.5 Å². The van der Waals surface area contributed by atoms with Crippen LogP contribution in [0.3, 0.4) is 0 Å². The predicted molar refractivity (Wildman–Crippen MR) is 87.8 cm³/mol. The number of nitrogens with one attached hydrogen (secondary N) is 2. The smallest absolute Gasteiger partial charge is 0.224 e. The van der Waals surface area contributed by atoms with E-state index in [4.69, 9.17) is 0 Å². The van der Waals surface area contributed by atoms with Crippen LogP contribution in [0.2, 0.25) is 0 Å². The third-order valence-corrected chi connectivity index (χ3v) is 4.00. The van der Waals surface area contributed by atoms with Crippen molar-refractivity contribution in [2.75, 3.05) is 18.4 Å². The molecule has 3 rings (SSSR count). The van der Waals surface area contributed by atoms with Crippen LogP contribution in [0.4, 0.5) is 14.6 Å². The van der Waals surface area contributed by atoms with Gasteiger partial charge in [0, 0.05) is 25.2 Å². The molecular formula is C18H19F2N3O. The van der Waals surface area contributed by atoms with Crippen molar-refractivity contribution in [3.63, 3.8) is 0 Å². The lowest BCUT2D eigenvalue weighted by atomic mass is 10.1. The Kier molecular flexibility index (Phi) is 5.03. The molecule has 1 aliphatic heterocycles. The summed E-state index contributed by atoms with van der Waals surface area (Å²) in [5.41, 5.74) is 2.59. The molecule has 1 amide bonds. The molecule has 0 spiro atoms. The van der Waals surface area contributed by atoms with Gasteiger partial charge in [-0.2, -0.15) is 0 Å². The van der Waals surface area contributed by atoms with Gasteiger partial charge in [0.25, 0.3) is 0 Å². The van der Waals surface area contributed by atoms with Gasteiger partial charge in [0.05, 0.1) is 6.42 Å². The number of rotatable bonds is 5. The number of anilines is 1. The summed E-state index contributed by atoms with van der Waals surface area (Å²) in [6, 6.07) is 7.54. The molecule has 0 saturated carbocycles. The SMILES string of the molecule is O=C(Cc1ccc(F)c(F)c1)NCCc1ccc2c(n1)NCCC2. The predicted octanol–water partition coefficient (Wildman–Crippen LogP) is 2.62. The Hall–Kier alpha value is -2.50. The van der Waals surface area contributed by atoms with Crippen molar-refractivity contribution in [1.29, 1.82) is 0 Å². The van der Waals surface area contributed by atoms with Gasteiger partial charge < -0.3 is 10.6 Å². The van der Waals surface area contributed by atoms with Crippen molar-refractivity contribution in [3.8, 4) is 0 Å². The summed E-state index contributed by atoms with van der Waals surface area (Å²) in [5, 5.41) is 6.06. The van der Waals surface area contributed by atoms with Gasteiger partial charge in [0.2, 0.25) is 5.91 Å². The van der Waals surface area contributed by atoms with Gasteiger partial charge in [-0.3, -0.25) is 4.79 Å². The molecule has 1 aromatic carbocycles. The number of fused-ring (bicyclic) bond motifs is 1. The second-order valence-electron chi connectivity index (χ2n) is 5.87. The van der Waals surface area contributed by atoms with Crippen molar-refractivity contribution in [3.05, 3.63) is 58.8 Å². The first kappa shape index (κ1) is 16.4. The van der Waals surface area contributed by atoms with E-state index in [1.54, 1.807) is 0 Å². The van der Waals surface area contributed by atoms with Crippen LogP contribution < -0.4 is 10.6 Å². The van der Waals surface area contributed by atoms with Gasteiger partial charge in [0.15, 0.2) is 11.6 Å². The number of amides is 1. The number of aryl methyl sites for hydroxylation is 1. The molecule has 6 heteroatoms. The van der Waals surface area contributed by atoms with Crippen LogP contribution >= 0.6 is 0 Å². The molecule has 2 aromatic rings. The zero-order valence-corrected chi connectivity index (χ0v) is 13.2. The molecule has 0 atom stereocenters. The van der Waals surface area contributed by atoms with Gasteiger partial charge in [-0.1, -0.05) is 12.1 Å². The Labute approximate surface area is 139 Å². The van der Waals surface area contributed by atoms with E-state index in [2.05, 4.69) is 21.7 Å². The first-order valence-corrected chi connectivity index (χ1v) is 8.05. The highest BCUT2D eigenvalue weighted by molar-refractivity contribution is 5.78. The minimum atomic E-state index is -0.939. The molecule has 0 aliphatic carbocycles. The topological polar surface area (TPSA) is 54.0 Å². The average molecular weight is 331 g/mol. The summed E-state index contributed by atoms with van der Waals surface area (Å²) in [5.74, 6) is -1.14. The summed E-state index contributed by atoms with van der Waals surface area (Å²) < 4.78 is 26.0. The van der Waals surface area contributed by atoms with E-state index in [-0.39, 0.29) is 12.3 Å². The van der Waals surface area contributed by atoms with E-state index in [9.17, 15) is 13.6 Å². The van der Waals surface area contributed by atoms with Crippen molar-refractivity contribution in [2.24, 2.45) is 0 Å². The maximum atomic E-state index is 13.1. The number of nitrogens with zero attached hydrogens (tertiary/aromatic N) is 1. The lowest BCUT2D eigenvalue weighted by Crippen LogP contribution is -2.27. The second-order valence-corrected chi connectivity index (χ2v) is 5.87. The lowest BCUT2D eigenvalue weighted by molar-refractivity contribution is -0.120. The number of carbonyl (C=O) groups excluding carboxylic acids is 1. The van der Waals surface area contributed by atoms with Crippen molar-refractivity contribution in [1.82, 2.24) is 10.3 Å². The Morgan fingerprint density at radius 2 is 2.08 bits per heavy atom. The minimum Gasteiger partial charge on any atom is -0.370 e. The maximum absolute atomic E-state index is 13.1. The standard InChI is InChI=1S/C18H19F2N3O/c19-15-6-3-12(10-16(15)20)11-17(24)21-9-7-14-5-4-13-2-1-8-22-18(13)23-14/h3-6,10H,1-2,7-9,11H2,(H,21,24)(H,22,23). The fourth-order valence-corrected chi connectivity index (χ4v) is 2.74. The van der Waals surface area contributed by atoms with E-state index >= 15 is 0 Å². The Balaban J connectivity index is 1.49. The van der Waals surface area contributed by atoms with Crippen LogP contribution in [0.1, 0.15) is 23.2 Å². The quantitative estimate of drug-likeness (QED) is 0.885. The van der Waals surface area contributed by atoms with Crippen LogP contribution in [0.15, 0.2) is 30.3 Å². The Morgan fingerprint density at radius 3 is 2.92 bits per heavy atom. The molecular weight excluding hydrogens is 312 g/mol. The lowest BCUT2D eigenvalue weighted by Gasteiger charge is -2.17. The van der Waals surface area contributed by atoms with E-state index in [1.807, 2.05) is 6.07 Å². The van der Waals surface area contributed by atoms with Crippen molar-refractivity contribution < 1.29 is 13.6 Å². The number of aromatic nitrogens is 1. The average Bonchev–Trinajstić information content (AvgIpc) is 2.58. The van der Waals surface area contributed by atoms with Gasteiger partial charge in [-0.05, 0) is 42.2 Å². The van der Waals surface area contributed by atoms with Crippen molar-refractivity contribution >= 4 is 11.7 Å². The molecule has 0 saturated heterocycles. The molecule has 0 unspecified atom stereocenters. The first-order chi connectivity index (χ1) is 11.6. The molecule has 2 N–H and O–H groups in total. The minimum absolute atomic E-state index is 0.0242. The van der Waals surface area contributed by atoms with Crippen LogP contribution in [0.5, 0.6) is 0 Å². The maximum Gasteiger partial charge on any atom is 0.224 e. The largest absolute Gasteiger partial charge is 0.370 e. The fourth-order valence-electron chi connectivity index (χ4n) is 2.74. The van der Waals surface area contributed by atoms with E-state index in [0.717, 1.165) is 43.0 Å². The Morgan fingerprint density at radius 1 is 1.21 bits per heavy atom. The number of hydrogen-bond acceptors (Lipinski definition) is 3. The molecule has 126 valence electrons. The third-order valence-electron chi connectivity index (χ3n) is 4.00. The molecule has 0 radical (unpaired) electrons. The number of carbonyl (C=O) groups is 1. The molecule has 2 heterocycles. The molecule has 0 bridgehead atoms. The summed E-state index contributed by atoms with van der Waals surface area (Å²) in [7, 11) is 0. The van der Waals surface area contributed by atoms with E-state index < -0.39 is 11.6 Å². The molecule has 0 fully saturated rings. The zero-order chi connectivity index (χ0) is 16.9. The Bertz CT molecular complexity index is 749. The van der Waals surface area contributed by atoms with Crippen LogP contribution in [-0.4, -0.2) is 24.0 Å². The van der Waals surface area contributed by atoms with E-state index in [1.165, 1.54) is 11.6 Å². The van der Waals surface area contributed by atoms with Crippen molar-refractivity contribution in [2.45, 2.75) is 25.7 Å². The third kappa shape index (κ3) is 4.07. The number of benzene rings is 1. The zero-order valence-electron chi connectivity index (χ0n) is 13.2. The summed E-state index contributed by atoms with van der Waals surface area (Å²) in [6.07, 6.45) is 2.81. The molecule has 1 aromatic heterocycles. The molecule has 1 aliphatic rings. The van der Waals surface area contributed by atoms with Gasteiger partial charge in [-0.25, -0.2) is 13.8 Å².